The molecule has 2 atom stereocenters. The number of halogens is 1. The molecule has 0 aromatic heterocycles. The summed E-state index contributed by atoms with van der Waals surface area (Å²) >= 11 is 5.79. The highest BCUT2D eigenvalue weighted by molar-refractivity contribution is 6.30. The van der Waals surface area contributed by atoms with Gasteiger partial charge in [0.25, 0.3) is 5.91 Å². The van der Waals surface area contributed by atoms with Crippen molar-refractivity contribution in [1.29, 1.82) is 0 Å². The molecule has 2 N–H and O–H groups in total. The zero-order valence-electron chi connectivity index (χ0n) is 12.5. The van der Waals surface area contributed by atoms with E-state index in [1.165, 1.54) is 0 Å². The average Bonchev–Trinajstić information content (AvgIpc) is 2.39. The van der Waals surface area contributed by atoms with Crippen LogP contribution in [0.15, 0.2) is 24.3 Å². The monoisotopic (exact) mass is 313 g/mol. The smallest absolute Gasteiger partial charge is 0.308 e. The van der Waals surface area contributed by atoms with Crippen molar-refractivity contribution in [3.05, 3.63) is 29.3 Å². The quantitative estimate of drug-likeness (QED) is 0.846. The summed E-state index contributed by atoms with van der Waals surface area (Å²) in [7, 11) is 0. The van der Waals surface area contributed by atoms with Crippen LogP contribution in [0, 0.1) is 5.92 Å². The van der Waals surface area contributed by atoms with E-state index in [0.29, 0.717) is 10.8 Å². The van der Waals surface area contributed by atoms with Crippen molar-refractivity contribution >= 4 is 23.5 Å². The number of carboxylic acids is 1. The van der Waals surface area contributed by atoms with Crippen molar-refractivity contribution in [2.75, 3.05) is 0 Å². The van der Waals surface area contributed by atoms with E-state index in [0.717, 1.165) is 0 Å². The van der Waals surface area contributed by atoms with Gasteiger partial charge < -0.3 is 15.2 Å². The lowest BCUT2D eigenvalue weighted by molar-refractivity contribution is -0.143. The number of amides is 1. The molecule has 0 aliphatic rings. The summed E-state index contributed by atoms with van der Waals surface area (Å²) in [5.74, 6) is -1.50. The third-order valence-electron chi connectivity index (χ3n) is 3.23. The molecule has 116 valence electrons. The summed E-state index contributed by atoms with van der Waals surface area (Å²) in [4.78, 5) is 23.1. The van der Waals surface area contributed by atoms with E-state index in [1.807, 2.05) is 0 Å². The summed E-state index contributed by atoms with van der Waals surface area (Å²) in [6.45, 7) is 6.43. The number of hydrogen-bond donors (Lipinski definition) is 2. The van der Waals surface area contributed by atoms with Crippen LogP contribution in [0.25, 0.3) is 0 Å². The van der Waals surface area contributed by atoms with Gasteiger partial charge in [-0.2, -0.15) is 0 Å². The first-order chi connectivity index (χ1) is 9.63. The molecule has 0 heterocycles. The number of carbonyl (C=O) groups is 2. The molecule has 5 nitrogen and oxygen atoms in total. The Morgan fingerprint density at radius 1 is 1.24 bits per heavy atom. The Labute approximate surface area is 129 Å². The number of carbonyl (C=O) groups excluding carboxylic acids is 1. The molecule has 0 fully saturated rings. The molecule has 0 radical (unpaired) electrons. The minimum absolute atomic E-state index is 0.377. The largest absolute Gasteiger partial charge is 0.481 e. The average molecular weight is 314 g/mol. The predicted octanol–water partition coefficient (Wildman–Crippen LogP) is 2.72. The molecule has 2 unspecified atom stereocenters. The number of hydrogen-bond acceptors (Lipinski definition) is 3. The van der Waals surface area contributed by atoms with Gasteiger partial charge in [0, 0.05) is 11.1 Å². The van der Waals surface area contributed by atoms with E-state index >= 15 is 0 Å². The SMILES string of the molecule is CC(NC(=O)C(C)(C)Oc1ccc(Cl)cc1)C(C)C(=O)O. The third-order valence-corrected chi connectivity index (χ3v) is 3.48. The molecule has 0 aliphatic heterocycles. The van der Waals surface area contributed by atoms with E-state index in [2.05, 4.69) is 5.32 Å². The van der Waals surface area contributed by atoms with Crippen molar-refractivity contribution in [1.82, 2.24) is 5.32 Å². The zero-order chi connectivity index (χ0) is 16.2. The highest BCUT2D eigenvalue weighted by Gasteiger charge is 2.32. The molecule has 0 bridgehead atoms. The van der Waals surface area contributed by atoms with Crippen LogP contribution < -0.4 is 10.1 Å². The zero-order valence-corrected chi connectivity index (χ0v) is 13.3. The molecule has 0 aliphatic carbocycles. The van der Waals surface area contributed by atoms with Crippen LogP contribution in [0.3, 0.4) is 0 Å². The number of carboxylic acid groups (broad SMARTS) is 1. The Morgan fingerprint density at radius 2 is 1.76 bits per heavy atom. The second-order valence-corrected chi connectivity index (χ2v) is 5.89. The first-order valence-corrected chi connectivity index (χ1v) is 6.99. The maximum Gasteiger partial charge on any atom is 0.308 e. The van der Waals surface area contributed by atoms with Gasteiger partial charge in [0.15, 0.2) is 5.60 Å². The minimum atomic E-state index is -1.12. The topological polar surface area (TPSA) is 75.6 Å². The molecule has 1 amide bonds. The Bertz CT molecular complexity index is 513. The molecule has 1 rings (SSSR count). The van der Waals surface area contributed by atoms with Gasteiger partial charge in [-0.3, -0.25) is 9.59 Å². The van der Waals surface area contributed by atoms with Crippen molar-refractivity contribution in [2.24, 2.45) is 5.92 Å². The summed E-state index contributed by atoms with van der Waals surface area (Å²) in [6, 6.07) is 6.17. The second-order valence-electron chi connectivity index (χ2n) is 5.46. The normalized spacial score (nSPS) is 14.1. The first kappa shape index (κ1) is 17.3. The highest BCUT2D eigenvalue weighted by atomic mass is 35.5. The molecule has 1 aromatic carbocycles. The fourth-order valence-corrected chi connectivity index (χ4v) is 1.69. The Morgan fingerprint density at radius 3 is 2.24 bits per heavy atom. The van der Waals surface area contributed by atoms with E-state index in [4.69, 9.17) is 21.4 Å². The summed E-state index contributed by atoms with van der Waals surface area (Å²) < 4.78 is 5.64. The van der Waals surface area contributed by atoms with E-state index in [1.54, 1.807) is 52.0 Å². The second kappa shape index (κ2) is 6.80. The van der Waals surface area contributed by atoms with Gasteiger partial charge >= 0.3 is 5.97 Å². The van der Waals surface area contributed by atoms with E-state index in [9.17, 15) is 9.59 Å². The van der Waals surface area contributed by atoms with Gasteiger partial charge in [-0.25, -0.2) is 0 Å². The summed E-state index contributed by atoms with van der Waals surface area (Å²) in [5, 5.41) is 12.2. The maximum absolute atomic E-state index is 12.2. The van der Waals surface area contributed by atoms with Gasteiger partial charge in [-0.05, 0) is 52.0 Å². The van der Waals surface area contributed by atoms with Crippen LogP contribution in [0.4, 0.5) is 0 Å². The molecule has 21 heavy (non-hydrogen) atoms. The lowest BCUT2D eigenvalue weighted by Crippen LogP contribution is -2.51. The van der Waals surface area contributed by atoms with Gasteiger partial charge in [-0.1, -0.05) is 11.6 Å². The summed E-state index contributed by atoms with van der Waals surface area (Å²) in [6.07, 6.45) is 0. The third kappa shape index (κ3) is 4.93. The molecular weight excluding hydrogens is 294 g/mol. The highest BCUT2D eigenvalue weighted by Crippen LogP contribution is 2.21. The molecule has 0 saturated carbocycles. The molecule has 0 spiro atoms. The van der Waals surface area contributed by atoms with E-state index < -0.39 is 23.5 Å². The molecule has 1 aromatic rings. The number of ether oxygens (including phenoxy) is 1. The number of rotatable bonds is 6. The standard InChI is InChI=1S/C15H20ClNO4/c1-9(13(18)19)10(2)17-14(20)15(3,4)21-12-7-5-11(16)6-8-12/h5-10H,1-4H3,(H,17,20)(H,18,19). The van der Waals surface area contributed by atoms with Crippen molar-refractivity contribution in [3.63, 3.8) is 0 Å². The molecule has 6 heteroatoms. The lowest BCUT2D eigenvalue weighted by Gasteiger charge is -2.28. The van der Waals surface area contributed by atoms with Gasteiger partial charge in [0.05, 0.1) is 5.92 Å². The Kier molecular flexibility index (Phi) is 5.61. The lowest BCUT2D eigenvalue weighted by atomic mass is 10.0. The van der Waals surface area contributed by atoms with Crippen LogP contribution in [0.5, 0.6) is 5.75 Å². The molecule has 0 saturated heterocycles. The fourth-order valence-electron chi connectivity index (χ4n) is 1.56. The van der Waals surface area contributed by atoms with Crippen LogP contribution in [0.2, 0.25) is 5.02 Å². The Hall–Kier alpha value is -1.75. The van der Waals surface area contributed by atoms with Gasteiger partial charge in [-0.15, -0.1) is 0 Å². The maximum atomic E-state index is 12.2. The number of aliphatic carboxylic acids is 1. The van der Waals surface area contributed by atoms with E-state index in [-0.39, 0.29) is 5.91 Å². The predicted molar refractivity (Wildman–Crippen MR) is 80.6 cm³/mol. The fraction of sp³-hybridized carbons (Fsp3) is 0.467. The van der Waals surface area contributed by atoms with Gasteiger partial charge in [0.2, 0.25) is 0 Å². The number of nitrogens with one attached hydrogen (secondary N) is 1. The van der Waals surface area contributed by atoms with Gasteiger partial charge in [0.1, 0.15) is 5.75 Å². The number of benzene rings is 1. The van der Waals surface area contributed by atoms with Crippen LogP contribution >= 0.6 is 11.6 Å². The first-order valence-electron chi connectivity index (χ1n) is 6.62. The van der Waals surface area contributed by atoms with Crippen LogP contribution in [-0.4, -0.2) is 28.6 Å². The van der Waals surface area contributed by atoms with Crippen molar-refractivity contribution in [3.8, 4) is 5.75 Å². The van der Waals surface area contributed by atoms with Crippen LogP contribution in [-0.2, 0) is 9.59 Å². The van der Waals surface area contributed by atoms with Crippen molar-refractivity contribution in [2.45, 2.75) is 39.3 Å². The summed E-state index contributed by atoms with van der Waals surface area (Å²) in [5.41, 5.74) is -1.12. The molecular formula is C15H20ClNO4. The van der Waals surface area contributed by atoms with Crippen molar-refractivity contribution < 1.29 is 19.4 Å². The Balaban J connectivity index is 2.70. The van der Waals surface area contributed by atoms with Crippen LogP contribution in [0.1, 0.15) is 27.7 Å². The minimum Gasteiger partial charge on any atom is -0.481 e.